The molecule has 1 aromatic rings. The smallest absolute Gasteiger partial charge is 0.119 e. The first kappa shape index (κ1) is 17.6. The van der Waals surface area contributed by atoms with Gasteiger partial charge in [0, 0.05) is 19.1 Å². The van der Waals surface area contributed by atoms with Crippen LogP contribution in [0.25, 0.3) is 0 Å². The molecule has 0 aliphatic carbocycles. The van der Waals surface area contributed by atoms with Crippen LogP contribution in [0.1, 0.15) is 32.8 Å². The summed E-state index contributed by atoms with van der Waals surface area (Å²) in [4.78, 5) is 2.24. The Labute approximate surface area is 129 Å². The molecule has 0 saturated carbocycles. The Morgan fingerprint density at radius 1 is 1.33 bits per heavy atom. The highest BCUT2D eigenvalue weighted by atomic mass is 16.5. The molecule has 0 bridgehead atoms. The van der Waals surface area contributed by atoms with E-state index in [0.29, 0.717) is 19.2 Å². The van der Waals surface area contributed by atoms with Crippen molar-refractivity contribution in [2.75, 3.05) is 26.2 Å². The predicted octanol–water partition coefficient (Wildman–Crippen LogP) is 2.91. The van der Waals surface area contributed by atoms with Crippen molar-refractivity contribution in [1.82, 2.24) is 10.2 Å². The number of ether oxygens (including phenoxy) is 1. The average Bonchev–Trinajstić information content (AvgIpc) is 2.46. The monoisotopic (exact) mass is 288 g/mol. The van der Waals surface area contributed by atoms with E-state index in [2.05, 4.69) is 49.0 Å². The molecule has 3 heteroatoms. The fraction of sp³-hybridized carbons (Fsp3) is 0.556. The Hall–Kier alpha value is -1.50. The van der Waals surface area contributed by atoms with Crippen molar-refractivity contribution >= 4 is 0 Å². The molecular weight excluding hydrogens is 260 g/mol. The van der Waals surface area contributed by atoms with Crippen molar-refractivity contribution in [3.8, 4) is 18.1 Å². The molecule has 0 unspecified atom stereocenters. The summed E-state index contributed by atoms with van der Waals surface area (Å²) < 4.78 is 5.84. The largest absolute Gasteiger partial charge is 0.492 e. The summed E-state index contributed by atoms with van der Waals surface area (Å²) in [5, 5.41) is 3.41. The maximum Gasteiger partial charge on any atom is 0.119 e. The van der Waals surface area contributed by atoms with Gasteiger partial charge in [-0.25, -0.2) is 0 Å². The van der Waals surface area contributed by atoms with Gasteiger partial charge in [0.05, 0.1) is 6.54 Å². The fourth-order valence-electron chi connectivity index (χ4n) is 2.08. The predicted molar refractivity (Wildman–Crippen MR) is 89.5 cm³/mol. The zero-order valence-electron chi connectivity index (χ0n) is 13.6. The van der Waals surface area contributed by atoms with Crippen LogP contribution in [0.3, 0.4) is 0 Å². The zero-order chi connectivity index (χ0) is 15.5. The van der Waals surface area contributed by atoms with E-state index in [1.807, 2.05) is 12.1 Å². The minimum absolute atomic E-state index is 0.487. The number of terminal acetylenes is 1. The van der Waals surface area contributed by atoms with E-state index < -0.39 is 0 Å². The maximum absolute atomic E-state index is 5.84. The first-order valence-corrected chi connectivity index (χ1v) is 7.76. The summed E-state index contributed by atoms with van der Waals surface area (Å²) in [7, 11) is 0. The van der Waals surface area contributed by atoms with E-state index in [0.717, 1.165) is 31.8 Å². The highest BCUT2D eigenvalue weighted by Crippen LogP contribution is 2.13. The van der Waals surface area contributed by atoms with Gasteiger partial charge in [-0.2, -0.15) is 0 Å². The minimum atomic E-state index is 0.487. The van der Waals surface area contributed by atoms with Crippen molar-refractivity contribution in [3.05, 3.63) is 29.8 Å². The molecule has 0 fully saturated rings. The summed E-state index contributed by atoms with van der Waals surface area (Å²) in [6.07, 6.45) is 6.49. The molecule has 1 aromatic carbocycles. The second-order valence-corrected chi connectivity index (χ2v) is 5.51. The molecule has 116 valence electrons. The lowest BCUT2D eigenvalue weighted by Crippen LogP contribution is -2.29. The number of nitrogens with zero attached hydrogens (tertiary/aromatic N) is 1. The Morgan fingerprint density at radius 2 is 2.14 bits per heavy atom. The van der Waals surface area contributed by atoms with Crippen LogP contribution in [0.5, 0.6) is 5.75 Å². The van der Waals surface area contributed by atoms with Gasteiger partial charge in [-0.1, -0.05) is 38.8 Å². The Balaban J connectivity index is 2.40. The minimum Gasteiger partial charge on any atom is -0.492 e. The van der Waals surface area contributed by atoms with Gasteiger partial charge >= 0.3 is 0 Å². The summed E-state index contributed by atoms with van der Waals surface area (Å²) in [6, 6.07) is 8.74. The number of hydrogen-bond acceptors (Lipinski definition) is 3. The van der Waals surface area contributed by atoms with Gasteiger partial charge in [-0.3, -0.25) is 4.90 Å². The van der Waals surface area contributed by atoms with E-state index in [1.54, 1.807) is 0 Å². The topological polar surface area (TPSA) is 24.5 Å². The lowest BCUT2D eigenvalue weighted by atomic mass is 10.2. The van der Waals surface area contributed by atoms with Gasteiger partial charge in [0.1, 0.15) is 12.4 Å². The molecule has 3 nitrogen and oxygen atoms in total. The van der Waals surface area contributed by atoms with Gasteiger partial charge in [0.2, 0.25) is 0 Å². The highest BCUT2D eigenvalue weighted by Gasteiger charge is 2.03. The van der Waals surface area contributed by atoms with Crippen molar-refractivity contribution in [2.45, 2.75) is 39.8 Å². The Kier molecular flexibility index (Phi) is 8.57. The molecule has 0 amide bonds. The van der Waals surface area contributed by atoms with Crippen molar-refractivity contribution in [2.24, 2.45) is 0 Å². The molecule has 0 atom stereocenters. The summed E-state index contributed by atoms with van der Waals surface area (Å²) in [6.45, 7) is 10.6. The molecule has 0 aliphatic heterocycles. The standard InChI is InChI=1S/C18H28N2O/c1-5-10-20(11-6-2)12-13-21-18-9-7-8-17(14-18)15-19-16(3)4/h1,7-9,14,16,19H,6,10-13,15H2,2-4H3. The molecule has 0 aromatic heterocycles. The third-order valence-corrected chi connectivity index (χ3v) is 3.14. The first-order chi connectivity index (χ1) is 10.2. The average molecular weight is 288 g/mol. The number of benzene rings is 1. The van der Waals surface area contributed by atoms with E-state index in [4.69, 9.17) is 11.2 Å². The van der Waals surface area contributed by atoms with Gasteiger partial charge in [-0.05, 0) is 30.7 Å². The van der Waals surface area contributed by atoms with Gasteiger partial charge in [0.15, 0.2) is 0 Å². The van der Waals surface area contributed by atoms with E-state index in [9.17, 15) is 0 Å². The SMILES string of the molecule is C#CCN(CCC)CCOc1cccc(CNC(C)C)c1. The number of rotatable bonds is 10. The van der Waals surface area contributed by atoms with Crippen LogP contribution in [0, 0.1) is 12.3 Å². The number of nitrogens with one attached hydrogen (secondary N) is 1. The third-order valence-electron chi connectivity index (χ3n) is 3.14. The normalized spacial score (nSPS) is 10.9. The van der Waals surface area contributed by atoms with Crippen LogP contribution in [-0.4, -0.2) is 37.2 Å². The van der Waals surface area contributed by atoms with Gasteiger partial charge in [0.25, 0.3) is 0 Å². The van der Waals surface area contributed by atoms with Crippen LogP contribution in [0.2, 0.25) is 0 Å². The van der Waals surface area contributed by atoms with Gasteiger partial charge < -0.3 is 10.1 Å². The molecule has 0 radical (unpaired) electrons. The van der Waals surface area contributed by atoms with Crippen LogP contribution >= 0.6 is 0 Å². The quantitative estimate of drug-likeness (QED) is 0.670. The van der Waals surface area contributed by atoms with E-state index in [-0.39, 0.29) is 0 Å². The van der Waals surface area contributed by atoms with Gasteiger partial charge in [-0.15, -0.1) is 6.42 Å². The first-order valence-electron chi connectivity index (χ1n) is 7.76. The molecule has 1 rings (SSSR count). The molecule has 21 heavy (non-hydrogen) atoms. The van der Waals surface area contributed by atoms with E-state index in [1.165, 1.54) is 5.56 Å². The molecule has 0 spiro atoms. The van der Waals surface area contributed by atoms with Crippen LogP contribution in [-0.2, 0) is 6.54 Å². The van der Waals surface area contributed by atoms with E-state index >= 15 is 0 Å². The van der Waals surface area contributed by atoms with Crippen molar-refractivity contribution in [3.63, 3.8) is 0 Å². The zero-order valence-corrected chi connectivity index (χ0v) is 13.6. The molecule has 0 heterocycles. The summed E-state index contributed by atoms with van der Waals surface area (Å²) >= 11 is 0. The Bertz CT molecular complexity index is 437. The Morgan fingerprint density at radius 3 is 2.81 bits per heavy atom. The fourth-order valence-corrected chi connectivity index (χ4v) is 2.08. The van der Waals surface area contributed by atoms with Crippen molar-refractivity contribution < 1.29 is 4.74 Å². The van der Waals surface area contributed by atoms with Crippen molar-refractivity contribution in [1.29, 1.82) is 0 Å². The lowest BCUT2D eigenvalue weighted by Gasteiger charge is -2.19. The molecular formula is C18H28N2O. The summed E-state index contributed by atoms with van der Waals surface area (Å²) in [5.74, 6) is 3.63. The van der Waals surface area contributed by atoms with Crippen LogP contribution < -0.4 is 10.1 Å². The third kappa shape index (κ3) is 7.75. The second kappa shape index (κ2) is 10.3. The molecule has 0 aliphatic rings. The van der Waals surface area contributed by atoms with Crippen LogP contribution in [0.15, 0.2) is 24.3 Å². The lowest BCUT2D eigenvalue weighted by molar-refractivity contribution is 0.225. The van der Waals surface area contributed by atoms with Crippen LogP contribution in [0.4, 0.5) is 0 Å². The highest BCUT2D eigenvalue weighted by molar-refractivity contribution is 5.28. The maximum atomic E-state index is 5.84. The number of hydrogen-bond donors (Lipinski definition) is 1. The summed E-state index contributed by atoms with van der Waals surface area (Å²) in [5.41, 5.74) is 1.25. The molecule has 0 saturated heterocycles. The second-order valence-electron chi connectivity index (χ2n) is 5.51. The molecule has 1 N–H and O–H groups in total.